The molecule has 0 unspecified atom stereocenters. The summed E-state index contributed by atoms with van der Waals surface area (Å²) in [4.78, 5) is 23.0. The van der Waals surface area contributed by atoms with Crippen molar-refractivity contribution in [1.29, 1.82) is 0 Å². The number of hydrogen-bond acceptors (Lipinski definition) is 5. The summed E-state index contributed by atoms with van der Waals surface area (Å²) in [7, 11) is 2.01. The summed E-state index contributed by atoms with van der Waals surface area (Å²) in [6.45, 7) is 1.48. The Morgan fingerprint density at radius 3 is 2.57 bits per heavy atom. The Hall–Kier alpha value is -2.80. The average molecular weight is 423 g/mol. The summed E-state index contributed by atoms with van der Waals surface area (Å²) in [5.74, 6) is 2.21. The van der Waals surface area contributed by atoms with Crippen molar-refractivity contribution in [3.8, 4) is 5.75 Å². The Kier molecular flexibility index (Phi) is 6.69. The molecule has 156 valence electrons. The molecule has 0 saturated carbocycles. The second-order valence-electron chi connectivity index (χ2n) is 7.57. The molecule has 0 aliphatic carbocycles. The van der Waals surface area contributed by atoms with E-state index in [-0.39, 0.29) is 6.09 Å². The van der Waals surface area contributed by atoms with E-state index in [1.807, 2.05) is 71.4 Å². The summed E-state index contributed by atoms with van der Waals surface area (Å²) in [6.07, 6.45) is 8.08. The summed E-state index contributed by atoms with van der Waals surface area (Å²) in [5.41, 5.74) is 2.16. The van der Waals surface area contributed by atoms with Crippen LogP contribution in [0.15, 0.2) is 66.2 Å². The van der Waals surface area contributed by atoms with Gasteiger partial charge in [0.25, 0.3) is 0 Å². The molecule has 0 bridgehead atoms. The fourth-order valence-corrected chi connectivity index (χ4v) is 4.64. The molecule has 0 atom stereocenters. The van der Waals surface area contributed by atoms with Crippen molar-refractivity contribution in [3.63, 3.8) is 0 Å². The molecule has 3 heterocycles. The first-order valence-electron chi connectivity index (χ1n) is 10.2. The van der Waals surface area contributed by atoms with Crippen LogP contribution in [-0.4, -0.2) is 44.4 Å². The van der Waals surface area contributed by atoms with Crippen LogP contribution >= 0.6 is 11.8 Å². The third-order valence-electron chi connectivity index (χ3n) is 5.34. The van der Waals surface area contributed by atoms with Gasteiger partial charge in [-0.3, -0.25) is 4.98 Å². The minimum Gasteiger partial charge on any atom is -0.410 e. The van der Waals surface area contributed by atoms with Crippen LogP contribution in [0.3, 0.4) is 0 Å². The van der Waals surface area contributed by atoms with Crippen LogP contribution in [0.2, 0.25) is 0 Å². The molecule has 3 aromatic rings. The van der Waals surface area contributed by atoms with Crippen LogP contribution < -0.4 is 4.74 Å². The molecule has 1 aromatic carbocycles. The van der Waals surface area contributed by atoms with Crippen molar-refractivity contribution >= 4 is 17.9 Å². The molecule has 6 nitrogen and oxygen atoms in total. The number of likely N-dealkylation sites (tertiary alicyclic amines) is 1. The number of pyridine rings is 1. The standard InChI is InChI=1S/C23H26N4O2S/c1-26-15-12-25-22(26)30-17-19-9-13-27(14-10-19)23(28)29-21-7-5-18(6-8-21)16-20-4-2-3-11-24-20/h2-8,11-12,15,19H,9-10,13-14,16-17H2,1H3. The lowest BCUT2D eigenvalue weighted by Gasteiger charge is -2.31. The number of ether oxygens (including phenoxy) is 1. The minimum absolute atomic E-state index is 0.261. The molecular formula is C23H26N4O2S. The highest BCUT2D eigenvalue weighted by Crippen LogP contribution is 2.26. The number of piperidine rings is 1. The van der Waals surface area contributed by atoms with Crippen molar-refractivity contribution < 1.29 is 9.53 Å². The number of hydrogen-bond donors (Lipinski definition) is 0. The molecule has 1 aliphatic heterocycles. The fraction of sp³-hybridized carbons (Fsp3) is 0.348. The van der Waals surface area contributed by atoms with Crippen LogP contribution in [0.25, 0.3) is 0 Å². The average Bonchev–Trinajstić information content (AvgIpc) is 3.19. The number of rotatable bonds is 6. The number of nitrogens with zero attached hydrogens (tertiary/aromatic N) is 4. The second kappa shape index (κ2) is 9.80. The van der Waals surface area contributed by atoms with Gasteiger partial charge in [-0.2, -0.15) is 0 Å². The summed E-state index contributed by atoms with van der Waals surface area (Å²) in [5, 5.41) is 1.04. The van der Waals surface area contributed by atoms with Crippen molar-refractivity contribution in [3.05, 3.63) is 72.3 Å². The fourth-order valence-electron chi connectivity index (χ4n) is 3.52. The summed E-state index contributed by atoms with van der Waals surface area (Å²) >= 11 is 1.79. The highest BCUT2D eigenvalue weighted by atomic mass is 32.2. The zero-order valence-corrected chi connectivity index (χ0v) is 17.9. The van der Waals surface area contributed by atoms with Crippen molar-refractivity contribution in [2.45, 2.75) is 24.4 Å². The van der Waals surface area contributed by atoms with Gasteiger partial charge in [-0.15, -0.1) is 0 Å². The lowest BCUT2D eigenvalue weighted by Crippen LogP contribution is -2.40. The Morgan fingerprint density at radius 1 is 1.10 bits per heavy atom. The first-order valence-corrected chi connectivity index (χ1v) is 11.2. The Balaban J connectivity index is 1.22. The van der Waals surface area contributed by atoms with Crippen LogP contribution in [0.1, 0.15) is 24.1 Å². The maximum atomic E-state index is 12.5. The molecule has 30 heavy (non-hydrogen) atoms. The van der Waals surface area contributed by atoms with Gasteiger partial charge in [-0.1, -0.05) is 30.0 Å². The van der Waals surface area contributed by atoms with E-state index in [4.69, 9.17) is 4.74 Å². The number of carbonyl (C=O) groups is 1. The number of aryl methyl sites for hydroxylation is 1. The van der Waals surface area contributed by atoms with Gasteiger partial charge < -0.3 is 14.2 Å². The molecule has 1 saturated heterocycles. The summed E-state index contributed by atoms with van der Waals surface area (Å²) in [6, 6.07) is 13.6. The number of thioether (sulfide) groups is 1. The largest absolute Gasteiger partial charge is 0.415 e. The van der Waals surface area contributed by atoms with Crippen LogP contribution in [0, 0.1) is 5.92 Å². The number of amides is 1. The zero-order chi connectivity index (χ0) is 20.8. The smallest absolute Gasteiger partial charge is 0.410 e. The second-order valence-corrected chi connectivity index (χ2v) is 8.56. The predicted octanol–water partition coefficient (Wildman–Crippen LogP) is 4.41. The molecule has 1 fully saturated rings. The van der Waals surface area contributed by atoms with Crippen molar-refractivity contribution in [1.82, 2.24) is 19.4 Å². The predicted molar refractivity (Wildman–Crippen MR) is 118 cm³/mol. The maximum absolute atomic E-state index is 12.5. The molecular weight excluding hydrogens is 396 g/mol. The van der Waals surface area contributed by atoms with Gasteiger partial charge in [-0.05, 0) is 48.6 Å². The Labute approximate surface area is 181 Å². The third kappa shape index (κ3) is 5.42. The maximum Gasteiger partial charge on any atom is 0.415 e. The van der Waals surface area contributed by atoms with Crippen molar-refractivity contribution in [2.24, 2.45) is 13.0 Å². The van der Waals surface area contributed by atoms with Gasteiger partial charge in [0.1, 0.15) is 5.75 Å². The SMILES string of the molecule is Cn1ccnc1SCC1CCN(C(=O)Oc2ccc(Cc3ccccn3)cc2)CC1. The third-order valence-corrected chi connectivity index (χ3v) is 6.63. The minimum atomic E-state index is -0.261. The van der Waals surface area contributed by atoms with Crippen LogP contribution in [0.4, 0.5) is 4.79 Å². The first-order chi connectivity index (χ1) is 14.7. The Bertz CT molecular complexity index is 951. The van der Waals surface area contributed by atoms with Gasteiger partial charge in [-0.25, -0.2) is 9.78 Å². The van der Waals surface area contributed by atoms with Gasteiger partial charge >= 0.3 is 6.09 Å². The van der Waals surface area contributed by atoms with E-state index in [1.54, 1.807) is 18.0 Å². The summed E-state index contributed by atoms with van der Waals surface area (Å²) < 4.78 is 7.62. The lowest BCUT2D eigenvalue weighted by atomic mass is 9.99. The zero-order valence-electron chi connectivity index (χ0n) is 17.1. The van der Waals surface area contributed by atoms with Gasteiger partial charge in [0, 0.05) is 56.6 Å². The molecule has 1 amide bonds. The molecule has 4 rings (SSSR count). The van der Waals surface area contributed by atoms with E-state index >= 15 is 0 Å². The normalized spacial score (nSPS) is 14.6. The van der Waals surface area contributed by atoms with Gasteiger partial charge in [0.2, 0.25) is 0 Å². The highest BCUT2D eigenvalue weighted by molar-refractivity contribution is 7.99. The Morgan fingerprint density at radius 2 is 1.90 bits per heavy atom. The highest BCUT2D eigenvalue weighted by Gasteiger charge is 2.24. The van der Waals surface area contributed by atoms with E-state index in [2.05, 4.69) is 9.97 Å². The molecule has 7 heteroatoms. The van der Waals surface area contributed by atoms with Crippen LogP contribution in [0.5, 0.6) is 5.75 Å². The van der Waals surface area contributed by atoms with Crippen LogP contribution in [-0.2, 0) is 13.5 Å². The topological polar surface area (TPSA) is 60.2 Å². The lowest BCUT2D eigenvalue weighted by molar-refractivity contribution is 0.134. The van der Waals surface area contributed by atoms with Crippen molar-refractivity contribution in [2.75, 3.05) is 18.8 Å². The monoisotopic (exact) mass is 422 g/mol. The number of benzene rings is 1. The number of carbonyl (C=O) groups excluding carboxylic acids is 1. The molecule has 1 aliphatic rings. The van der Waals surface area contributed by atoms with E-state index in [0.29, 0.717) is 11.7 Å². The van der Waals surface area contributed by atoms with E-state index in [0.717, 1.165) is 54.5 Å². The molecule has 0 N–H and O–H groups in total. The van der Waals surface area contributed by atoms with E-state index < -0.39 is 0 Å². The molecule has 0 spiro atoms. The number of imidazole rings is 1. The number of aromatic nitrogens is 3. The first kappa shape index (κ1) is 20.5. The quantitative estimate of drug-likeness (QED) is 0.551. The van der Waals surface area contributed by atoms with E-state index in [9.17, 15) is 4.79 Å². The van der Waals surface area contributed by atoms with Gasteiger partial charge in [0.05, 0.1) is 0 Å². The van der Waals surface area contributed by atoms with Gasteiger partial charge in [0.15, 0.2) is 5.16 Å². The molecule has 0 radical (unpaired) electrons. The van der Waals surface area contributed by atoms with E-state index in [1.165, 1.54) is 0 Å². The molecule has 2 aromatic heterocycles.